The van der Waals surface area contributed by atoms with Crippen LogP contribution in [0.5, 0.6) is 5.75 Å². The summed E-state index contributed by atoms with van der Waals surface area (Å²) in [6.07, 6.45) is 1.42. The molecule has 3 aromatic carbocycles. The van der Waals surface area contributed by atoms with E-state index in [1.165, 1.54) is 30.3 Å². The highest BCUT2D eigenvalue weighted by Gasteiger charge is 2.14. The van der Waals surface area contributed by atoms with Gasteiger partial charge in [-0.3, -0.25) is 4.79 Å². The fourth-order valence-corrected chi connectivity index (χ4v) is 4.76. The number of hydrogen-bond donors (Lipinski definition) is 1. The van der Waals surface area contributed by atoms with Crippen LogP contribution in [0.4, 0.5) is 14.5 Å². The normalized spacial score (nSPS) is 11.0. The first-order valence-electron chi connectivity index (χ1n) is 8.92. The second-order valence-electron chi connectivity index (χ2n) is 6.30. The summed E-state index contributed by atoms with van der Waals surface area (Å²) in [4.78, 5) is 12.4. The van der Waals surface area contributed by atoms with E-state index in [2.05, 4.69) is 50.5 Å². The Bertz CT molecular complexity index is 1180. The van der Waals surface area contributed by atoms with Gasteiger partial charge in [-0.05, 0) is 87.2 Å². The van der Waals surface area contributed by atoms with Gasteiger partial charge in [0.15, 0.2) is 0 Å². The van der Waals surface area contributed by atoms with E-state index in [0.717, 1.165) is 7.14 Å². The highest BCUT2D eigenvalue weighted by Crippen LogP contribution is 2.31. The Kier molecular flexibility index (Phi) is 7.97. The number of para-hydroxylation sites is 1. The van der Waals surface area contributed by atoms with Crippen LogP contribution >= 0.6 is 45.2 Å². The third kappa shape index (κ3) is 6.01. The SMILES string of the molecule is N#C/C(=C/c1cc(I)c(OCc2ccccc2F)c(I)c1)C(=O)Nc1ccccc1F. The lowest BCUT2D eigenvalue weighted by Gasteiger charge is -2.12. The minimum Gasteiger partial charge on any atom is -0.487 e. The van der Waals surface area contributed by atoms with Crippen molar-refractivity contribution < 1.29 is 18.3 Å². The third-order valence-corrected chi connectivity index (χ3v) is 5.75. The molecule has 4 nitrogen and oxygen atoms in total. The second kappa shape index (κ2) is 10.7. The van der Waals surface area contributed by atoms with Gasteiger partial charge in [0.05, 0.1) is 12.8 Å². The Morgan fingerprint density at radius 1 is 1.03 bits per heavy atom. The molecule has 0 atom stereocenters. The van der Waals surface area contributed by atoms with Crippen molar-refractivity contribution in [2.24, 2.45) is 0 Å². The summed E-state index contributed by atoms with van der Waals surface area (Å²) >= 11 is 4.15. The smallest absolute Gasteiger partial charge is 0.266 e. The largest absolute Gasteiger partial charge is 0.487 e. The van der Waals surface area contributed by atoms with Crippen LogP contribution in [0, 0.1) is 30.1 Å². The number of nitriles is 1. The Morgan fingerprint density at radius 2 is 1.65 bits per heavy atom. The summed E-state index contributed by atoms with van der Waals surface area (Å²) in [5.74, 6) is -1.06. The van der Waals surface area contributed by atoms with Gasteiger partial charge in [-0.1, -0.05) is 30.3 Å². The molecule has 3 rings (SSSR count). The summed E-state index contributed by atoms with van der Waals surface area (Å²) in [5.41, 5.74) is 0.867. The highest BCUT2D eigenvalue weighted by molar-refractivity contribution is 14.1. The molecule has 0 heterocycles. The fourth-order valence-electron chi connectivity index (χ4n) is 2.63. The van der Waals surface area contributed by atoms with Crippen molar-refractivity contribution in [1.29, 1.82) is 5.26 Å². The van der Waals surface area contributed by atoms with Gasteiger partial charge < -0.3 is 10.1 Å². The Labute approximate surface area is 205 Å². The van der Waals surface area contributed by atoms with Gasteiger partial charge in [-0.15, -0.1) is 0 Å². The number of ether oxygens (including phenoxy) is 1. The molecule has 0 bridgehead atoms. The van der Waals surface area contributed by atoms with Crippen molar-refractivity contribution in [3.05, 3.63) is 96.1 Å². The number of hydrogen-bond acceptors (Lipinski definition) is 3. The fraction of sp³-hybridized carbons (Fsp3) is 0.0435. The van der Waals surface area contributed by atoms with E-state index in [0.29, 0.717) is 16.9 Å². The number of rotatable bonds is 6. The molecule has 0 saturated carbocycles. The van der Waals surface area contributed by atoms with Crippen molar-refractivity contribution in [2.45, 2.75) is 6.61 Å². The van der Waals surface area contributed by atoms with Gasteiger partial charge in [0, 0.05) is 5.56 Å². The number of carbonyl (C=O) groups is 1. The average molecular weight is 642 g/mol. The molecule has 0 radical (unpaired) electrons. The minimum atomic E-state index is -0.711. The molecular formula is C23H14F2I2N2O2. The molecule has 8 heteroatoms. The predicted molar refractivity (Wildman–Crippen MR) is 131 cm³/mol. The lowest BCUT2D eigenvalue weighted by molar-refractivity contribution is -0.112. The Balaban J connectivity index is 1.80. The van der Waals surface area contributed by atoms with Crippen LogP contribution in [0.3, 0.4) is 0 Å². The maximum Gasteiger partial charge on any atom is 0.266 e. The summed E-state index contributed by atoms with van der Waals surface area (Å²) in [7, 11) is 0. The summed E-state index contributed by atoms with van der Waals surface area (Å²) < 4.78 is 34.8. The zero-order valence-corrected chi connectivity index (χ0v) is 20.1. The first-order chi connectivity index (χ1) is 14.9. The molecule has 0 aliphatic carbocycles. The number of benzene rings is 3. The zero-order valence-electron chi connectivity index (χ0n) is 15.8. The van der Waals surface area contributed by atoms with Crippen molar-refractivity contribution in [1.82, 2.24) is 0 Å². The van der Waals surface area contributed by atoms with E-state index in [9.17, 15) is 18.8 Å². The van der Waals surface area contributed by atoms with Crippen LogP contribution in [-0.2, 0) is 11.4 Å². The topological polar surface area (TPSA) is 62.1 Å². The molecule has 0 spiro atoms. The first-order valence-corrected chi connectivity index (χ1v) is 11.1. The van der Waals surface area contributed by atoms with Crippen LogP contribution in [0.15, 0.2) is 66.2 Å². The number of nitrogens with one attached hydrogen (secondary N) is 1. The van der Waals surface area contributed by atoms with Gasteiger partial charge in [-0.2, -0.15) is 5.26 Å². The molecule has 0 fully saturated rings. The third-order valence-electron chi connectivity index (χ3n) is 4.15. The van der Waals surface area contributed by atoms with Crippen molar-refractivity contribution in [3.63, 3.8) is 0 Å². The van der Waals surface area contributed by atoms with E-state index in [4.69, 9.17) is 4.74 Å². The van der Waals surface area contributed by atoms with Crippen LogP contribution in [0.2, 0.25) is 0 Å². The van der Waals surface area contributed by atoms with E-state index in [1.54, 1.807) is 36.4 Å². The monoisotopic (exact) mass is 642 g/mol. The van der Waals surface area contributed by atoms with Gasteiger partial charge in [0.1, 0.15) is 35.6 Å². The van der Waals surface area contributed by atoms with Gasteiger partial charge >= 0.3 is 0 Å². The lowest BCUT2D eigenvalue weighted by atomic mass is 10.1. The number of carbonyl (C=O) groups excluding carboxylic acids is 1. The minimum absolute atomic E-state index is 0.00490. The maximum atomic E-state index is 13.8. The molecule has 3 aromatic rings. The lowest BCUT2D eigenvalue weighted by Crippen LogP contribution is -2.14. The molecule has 156 valence electrons. The molecule has 31 heavy (non-hydrogen) atoms. The van der Waals surface area contributed by atoms with E-state index in [-0.39, 0.29) is 23.7 Å². The summed E-state index contributed by atoms with van der Waals surface area (Å²) in [6, 6.07) is 17.4. The molecule has 0 aliphatic heterocycles. The molecule has 0 aromatic heterocycles. The van der Waals surface area contributed by atoms with E-state index in [1.807, 2.05) is 6.07 Å². The Morgan fingerprint density at radius 3 is 2.26 bits per heavy atom. The van der Waals surface area contributed by atoms with Crippen molar-refractivity contribution in [3.8, 4) is 11.8 Å². The summed E-state index contributed by atoms with van der Waals surface area (Å²) in [5, 5.41) is 11.8. The maximum absolute atomic E-state index is 13.8. The van der Waals surface area contributed by atoms with Gasteiger partial charge in [-0.25, -0.2) is 8.78 Å². The van der Waals surface area contributed by atoms with E-state index >= 15 is 0 Å². The van der Waals surface area contributed by atoms with E-state index < -0.39 is 11.7 Å². The zero-order chi connectivity index (χ0) is 22.4. The molecule has 0 unspecified atom stereocenters. The van der Waals surface area contributed by atoms with Crippen LogP contribution < -0.4 is 10.1 Å². The number of anilines is 1. The quantitative estimate of drug-likeness (QED) is 0.195. The van der Waals surface area contributed by atoms with Crippen LogP contribution in [0.25, 0.3) is 6.08 Å². The van der Waals surface area contributed by atoms with Gasteiger partial charge in [0.25, 0.3) is 5.91 Å². The molecule has 0 saturated heterocycles. The van der Waals surface area contributed by atoms with Crippen LogP contribution in [0.1, 0.15) is 11.1 Å². The van der Waals surface area contributed by atoms with Crippen molar-refractivity contribution >= 4 is 62.9 Å². The first kappa shape index (κ1) is 23.1. The number of nitrogens with zero attached hydrogens (tertiary/aromatic N) is 1. The standard InChI is InChI=1S/C23H14F2I2N2O2/c24-17-6-2-1-5-15(17)13-31-22-19(26)10-14(11-20(22)27)9-16(12-28)23(30)29-21-8-4-3-7-18(21)25/h1-11H,13H2,(H,29,30)/b16-9-. The molecule has 1 amide bonds. The predicted octanol–water partition coefficient (Wildman–Crippen LogP) is 6.30. The second-order valence-corrected chi connectivity index (χ2v) is 8.62. The number of halogens is 4. The molecule has 1 N–H and O–H groups in total. The average Bonchev–Trinajstić information content (AvgIpc) is 2.74. The molecular weight excluding hydrogens is 628 g/mol. The highest BCUT2D eigenvalue weighted by atomic mass is 127. The van der Waals surface area contributed by atoms with Crippen LogP contribution in [-0.4, -0.2) is 5.91 Å². The summed E-state index contributed by atoms with van der Waals surface area (Å²) in [6.45, 7) is 0.0718. The van der Waals surface area contributed by atoms with Gasteiger partial charge in [0.2, 0.25) is 0 Å². The molecule has 0 aliphatic rings. The number of amides is 1. The Hall–Kier alpha value is -2.52. The van der Waals surface area contributed by atoms with Crippen molar-refractivity contribution in [2.75, 3.05) is 5.32 Å².